The van der Waals surface area contributed by atoms with E-state index in [-0.39, 0.29) is 18.1 Å². The number of rotatable bonds is 7. The molecule has 2 aromatic rings. The van der Waals surface area contributed by atoms with Gasteiger partial charge < -0.3 is 5.32 Å². The maximum absolute atomic E-state index is 12.1. The monoisotopic (exact) mass is 413 g/mol. The van der Waals surface area contributed by atoms with Crippen molar-refractivity contribution in [3.05, 3.63) is 34.7 Å². The first kappa shape index (κ1) is 19.3. The van der Waals surface area contributed by atoms with E-state index in [0.29, 0.717) is 35.4 Å². The SMILES string of the molecule is O=C(CCCS(=O)(=O)N1CCCC1)Nc1nc(-c2ccccc2Cl)cs1. The van der Waals surface area contributed by atoms with Gasteiger partial charge >= 0.3 is 0 Å². The Bertz CT molecular complexity index is 877. The number of nitrogens with zero attached hydrogens (tertiary/aromatic N) is 2. The van der Waals surface area contributed by atoms with Crippen LogP contribution >= 0.6 is 22.9 Å². The molecule has 140 valence electrons. The van der Waals surface area contributed by atoms with E-state index in [1.807, 2.05) is 23.6 Å². The molecule has 3 rings (SSSR count). The summed E-state index contributed by atoms with van der Waals surface area (Å²) in [5, 5.41) is 5.63. The van der Waals surface area contributed by atoms with E-state index in [2.05, 4.69) is 10.3 Å². The molecule has 0 spiro atoms. The number of amides is 1. The van der Waals surface area contributed by atoms with Crippen LogP contribution in [-0.4, -0.2) is 42.5 Å². The highest BCUT2D eigenvalue weighted by Crippen LogP contribution is 2.30. The van der Waals surface area contributed by atoms with Crippen LogP contribution in [0.2, 0.25) is 5.02 Å². The molecule has 1 saturated heterocycles. The number of halogens is 1. The molecule has 9 heteroatoms. The summed E-state index contributed by atoms with van der Waals surface area (Å²) in [5.74, 6) is -0.231. The van der Waals surface area contributed by atoms with Crippen LogP contribution in [0.4, 0.5) is 5.13 Å². The summed E-state index contributed by atoms with van der Waals surface area (Å²) >= 11 is 7.47. The van der Waals surface area contributed by atoms with E-state index in [1.165, 1.54) is 15.6 Å². The molecule has 0 unspecified atom stereocenters. The normalized spacial score (nSPS) is 15.3. The molecule has 2 heterocycles. The lowest BCUT2D eigenvalue weighted by atomic mass is 10.2. The van der Waals surface area contributed by atoms with Gasteiger partial charge in [0.15, 0.2) is 5.13 Å². The van der Waals surface area contributed by atoms with Crippen molar-refractivity contribution in [1.29, 1.82) is 0 Å². The van der Waals surface area contributed by atoms with Gasteiger partial charge in [0.2, 0.25) is 15.9 Å². The molecular formula is C17H20ClN3O3S2. The highest BCUT2D eigenvalue weighted by molar-refractivity contribution is 7.89. The van der Waals surface area contributed by atoms with Crippen LogP contribution in [-0.2, 0) is 14.8 Å². The summed E-state index contributed by atoms with van der Waals surface area (Å²) in [6.45, 7) is 1.19. The van der Waals surface area contributed by atoms with E-state index in [9.17, 15) is 13.2 Å². The number of carbonyl (C=O) groups is 1. The minimum atomic E-state index is -3.24. The molecule has 1 aliphatic rings. The van der Waals surface area contributed by atoms with Crippen LogP contribution in [0.15, 0.2) is 29.6 Å². The van der Waals surface area contributed by atoms with E-state index < -0.39 is 10.0 Å². The van der Waals surface area contributed by atoms with E-state index in [0.717, 1.165) is 18.4 Å². The number of anilines is 1. The minimum absolute atomic E-state index is 0.00314. The van der Waals surface area contributed by atoms with Gasteiger partial charge in [0.1, 0.15) is 0 Å². The predicted molar refractivity (Wildman–Crippen MR) is 105 cm³/mol. The molecule has 6 nitrogen and oxygen atoms in total. The van der Waals surface area contributed by atoms with Crippen molar-refractivity contribution in [2.24, 2.45) is 0 Å². The van der Waals surface area contributed by atoms with Gasteiger partial charge in [-0.3, -0.25) is 4.79 Å². The lowest BCUT2D eigenvalue weighted by molar-refractivity contribution is -0.116. The first-order valence-corrected chi connectivity index (χ1v) is 11.3. The van der Waals surface area contributed by atoms with Gasteiger partial charge in [0, 0.05) is 35.5 Å². The standard InChI is InChI=1S/C17H20ClN3O3S2/c18-14-7-2-1-6-13(14)15-12-25-17(19-15)20-16(22)8-5-11-26(23,24)21-9-3-4-10-21/h1-2,6-7,12H,3-5,8-11H2,(H,19,20,22). The van der Waals surface area contributed by atoms with E-state index in [1.54, 1.807) is 6.07 Å². The zero-order valence-electron chi connectivity index (χ0n) is 14.2. The fourth-order valence-corrected chi connectivity index (χ4v) is 5.36. The Morgan fingerprint density at radius 3 is 2.73 bits per heavy atom. The van der Waals surface area contributed by atoms with Crippen LogP contribution in [0, 0.1) is 0 Å². The fraction of sp³-hybridized carbons (Fsp3) is 0.412. The Morgan fingerprint density at radius 2 is 2.00 bits per heavy atom. The second-order valence-electron chi connectivity index (χ2n) is 6.09. The van der Waals surface area contributed by atoms with Crippen molar-refractivity contribution in [2.75, 3.05) is 24.2 Å². The fourth-order valence-electron chi connectivity index (χ4n) is 2.82. The number of thiazole rings is 1. The van der Waals surface area contributed by atoms with Gasteiger partial charge in [0.25, 0.3) is 0 Å². The van der Waals surface area contributed by atoms with Gasteiger partial charge in [-0.1, -0.05) is 29.8 Å². The molecule has 1 aromatic carbocycles. The highest BCUT2D eigenvalue weighted by Gasteiger charge is 2.24. The largest absolute Gasteiger partial charge is 0.302 e. The average molecular weight is 414 g/mol. The Morgan fingerprint density at radius 1 is 1.27 bits per heavy atom. The number of benzene rings is 1. The molecule has 0 radical (unpaired) electrons. The van der Waals surface area contributed by atoms with Crippen LogP contribution in [0.3, 0.4) is 0 Å². The number of aromatic nitrogens is 1. The maximum Gasteiger partial charge on any atom is 0.226 e. The molecular weight excluding hydrogens is 394 g/mol. The Hall–Kier alpha value is -1.48. The maximum atomic E-state index is 12.1. The molecule has 1 fully saturated rings. The zero-order valence-corrected chi connectivity index (χ0v) is 16.5. The Balaban J connectivity index is 1.50. The summed E-state index contributed by atoms with van der Waals surface area (Å²) in [6.07, 6.45) is 2.27. The number of sulfonamides is 1. The third kappa shape index (κ3) is 4.82. The van der Waals surface area contributed by atoms with Crippen LogP contribution in [0.5, 0.6) is 0 Å². The third-order valence-corrected chi connectivity index (χ3v) is 7.21. The van der Waals surface area contributed by atoms with E-state index in [4.69, 9.17) is 11.6 Å². The smallest absolute Gasteiger partial charge is 0.226 e. The van der Waals surface area contributed by atoms with Crippen molar-refractivity contribution in [3.63, 3.8) is 0 Å². The lowest BCUT2D eigenvalue weighted by Gasteiger charge is -2.14. The molecule has 1 N–H and O–H groups in total. The summed E-state index contributed by atoms with van der Waals surface area (Å²) < 4.78 is 25.8. The van der Waals surface area contributed by atoms with Crippen molar-refractivity contribution in [1.82, 2.24) is 9.29 Å². The molecule has 0 atom stereocenters. The predicted octanol–water partition coefficient (Wildman–Crippen LogP) is 3.61. The van der Waals surface area contributed by atoms with Crippen LogP contribution in [0.1, 0.15) is 25.7 Å². The van der Waals surface area contributed by atoms with Crippen molar-refractivity contribution in [3.8, 4) is 11.3 Å². The van der Waals surface area contributed by atoms with Gasteiger partial charge in [-0.2, -0.15) is 0 Å². The van der Waals surface area contributed by atoms with Gasteiger partial charge in [0.05, 0.1) is 11.4 Å². The Labute approximate surface area is 162 Å². The second kappa shape index (κ2) is 8.47. The van der Waals surface area contributed by atoms with Crippen LogP contribution < -0.4 is 5.32 Å². The minimum Gasteiger partial charge on any atom is -0.302 e. The molecule has 0 bridgehead atoms. The zero-order chi connectivity index (χ0) is 18.6. The van der Waals surface area contributed by atoms with Gasteiger partial charge in [-0.15, -0.1) is 11.3 Å². The first-order chi connectivity index (χ1) is 12.5. The Kier molecular flexibility index (Phi) is 6.29. The second-order valence-corrected chi connectivity index (χ2v) is 9.45. The third-order valence-electron chi connectivity index (χ3n) is 4.16. The first-order valence-electron chi connectivity index (χ1n) is 8.44. The topological polar surface area (TPSA) is 79.4 Å². The summed E-state index contributed by atoms with van der Waals surface area (Å²) in [4.78, 5) is 16.4. The van der Waals surface area contributed by atoms with Gasteiger partial charge in [-0.25, -0.2) is 17.7 Å². The molecule has 0 aliphatic carbocycles. The van der Waals surface area contributed by atoms with Gasteiger partial charge in [-0.05, 0) is 25.3 Å². The molecule has 0 saturated carbocycles. The van der Waals surface area contributed by atoms with Crippen LogP contribution in [0.25, 0.3) is 11.3 Å². The highest BCUT2D eigenvalue weighted by atomic mass is 35.5. The quantitative estimate of drug-likeness (QED) is 0.751. The lowest BCUT2D eigenvalue weighted by Crippen LogP contribution is -2.30. The number of hydrogen-bond donors (Lipinski definition) is 1. The number of nitrogens with one attached hydrogen (secondary N) is 1. The van der Waals surface area contributed by atoms with Crippen molar-refractivity contribution < 1.29 is 13.2 Å². The molecule has 1 aliphatic heterocycles. The van der Waals surface area contributed by atoms with E-state index >= 15 is 0 Å². The average Bonchev–Trinajstić information content (AvgIpc) is 3.27. The number of hydrogen-bond acceptors (Lipinski definition) is 5. The molecule has 1 aromatic heterocycles. The number of carbonyl (C=O) groups excluding carboxylic acids is 1. The molecule has 1 amide bonds. The summed E-state index contributed by atoms with van der Waals surface area (Å²) in [7, 11) is -3.24. The summed E-state index contributed by atoms with van der Waals surface area (Å²) in [6, 6.07) is 7.37. The molecule has 26 heavy (non-hydrogen) atoms. The van der Waals surface area contributed by atoms with Crippen molar-refractivity contribution in [2.45, 2.75) is 25.7 Å². The van der Waals surface area contributed by atoms with Crippen molar-refractivity contribution >= 4 is 44.0 Å². The summed E-state index contributed by atoms with van der Waals surface area (Å²) in [5.41, 5.74) is 1.51.